The zero-order valence-electron chi connectivity index (χ0n) is 10.7. The molecule has 0 saturated carbocycles. The first-order chi connectivity index (χ1) is 8.11. The van der Waals surface area contributed by atoms with Gasteiger partial charge in [-0.05, 0) is 38.9 Å². The second kappa shape index (κ2) is 4.98. The van der Waals surface area contributed by atoms with Crippen LogP contribution in [-0.4, -0.2) is 12.0 Å². The van der Waals surface area contributed by atoms with E-state index in [0.29, 0.717) is 0 Å². The van der Waals surface area contributed by atoms with Gasteiger partial charge in [0.15, 0.2) is 0 Å². The highest BCUT2D eigenvalue weighted by atomic mass is 32.1. The fourth-order valence-corrected chi connectivity index (χ4v) is 3.03. The van der Waals surface area contributed by atoms with E-state index in [0.717, 1.165) is 5.01 Å². The predicted molar refractivity (Wildman–Crippen MR) is 73.7 cm³/mol. The topological polar surface area (TPSA) is 24.9 Å². The smallest absolute Gasteiger partial charge is 0.0897 e. The van der Waals surface area contributed by atoms with Crippen LogP contribution in [0.1, 0.15) is 32.6 Å². The predicted octanol–water partition coefficient (Wildman–Crippen LogP) is 3.38. The molecule has 1 N–H and O–H groups in total. The summed E-state index contributed by atoms with van der Waals surface area (Å²) in [6.07, 6.45) is 1.97. The highest BCUT2D eigenvalue weighted by Gasteiger charge is 2.16. The summed E-state index contributed by atoms with van der Waals surface area (Å²) in [5, 5.41) is 4.49. The minimum atomic E-state index is 0.252. The number of aromatic nitrogens is 1. The van der Waals surface area contributed by atoms with Crippen molar-refractivity contribution < 1.29 is 0 Å². The van der Waals surface area contributed by atoms with Gasteiger partial charge in [0, 0.05) is 11.1 Å². The molecule has 1 aromatic carbocycles. The Morgan fingerprint density at radius 2 is 2.00 bits per heavy atom. The van der Waals surface area contributed by atoms with Crippen LogP contribution >= 0.6 is 11.3 Å². The Balaban J connectivity index is 2.42. The maximum Gasteiger partial charge on any atom is 0.0897 e. The normalized spacial score (nSPS) is 12.7. The summed E-state index contributed by atoms with van der Waals surface area (Å²) in [6, 6.07) is 6.86. The summed E-state index contributed by atoms with van der Waals surface area (Å²) in [6.45, 7) is 6.34. The fraction of sp³-hybridized carbons (Fsp3) is 0.357. The molecule has 90 valence electrons. The summed E-state index contributed by atoms with van der Waals surface area (Å²) in [5.74, 6) is 0. The van der Waals surface area contributed by atoms with Crippen LogP contribution in [0.4, 0.5) is 0 Å². The summed E-state index contributed by atoms with van der Waals surface area (Å²) in [7, 11) is 2.00. The average molecular weight is 246 g/mol. The van der Waals surface area contributed by atoms with E-state index in [1.807, 2.05) is 20.2 Å². The molecule has 17 heavy (non-hydrogen) atoms. The highest BCUT2D eigenvalue weighted by molar-refractivity contribution is 7.11. The van der Waals surface area contributed by atoms with Crippen molar-refractivity contribution in [3.63, 3.8) is 0 Å². The molecule has 0 spiro atoms. The van der Waals surface area contributed by atoms with E-state index < -0.39 is 0 Å². The largest absolute Gasteiger partial charge is 0.309 e. The minimum Gasteiger partial charge on any atom is -0.309 e. The molecule has 1 heterocycles. The van der Waals surface area contributed by atoms with E-state index in [1.165, 1.54) is 21.6 Å². The molecular formula is C14H18N2S. The molecule has 1 atom stereocenters. The molecule has 0 bridgehead atoms. The number of benzene rings is 1. The van der Waals surface area contributed by atoms with E-state index >= 15 is 0 Å². The van der Waals surface area contributed by atoms with Gasteiger partial charge in [-0.1, -0.05) is 23.8 Å². The molecule has 0 amide bonds. The van der Waals surface area contributed by atoms with Gasteiger partial charge in [0.05, 0.1) is 11.0 Å². The minimum absolute atomic E-state index is 0.252. The number of nitrogens with zero attached hydrogens (tertiary/aromatic N) is 1. The van der Waals surface area contributed by atoms with E-state index in [1.54, 1.807) is 11.3 Å². The molecule has 1 unspecified atom stereocenters. The molecule has 0 aliphatic rings. The van der Waals surface area contributed by atoms with Crippen molar-refractivity contribution >= 4 is 11.3 Å². The van der Waals surface area contributed by atoms with E-state index in [2.05, 4.69) is 42.3 Å². The van der Waals surface area contributed by atoms with Crippen LogP contribution in [0.5, 0.6) is 0 Å². The van der Waals surface area contributed by atoms with Gasteiger partial charge in [-0.15, -0.1) is 11.3 Å². The molecular weight excluding hydrogens is 228 g/mol. The Labute approximate surface area is 107 Å². The maximum absolute atomic E-state index is 4.34. The van der Waals surface area contributed by atoms with E-state index in [-0.39, 0.29) is 6.04 Å². The van der Waals surface area contributed by atoms with Crippen LogP contribution in [0.15, 0.2) is 24.4 Å². The van der Waals surface area contributed by atoms with Gasteiger partial charge >= 0.3 is 0 Å². The van der Waals surface area contributed by atoms with Gasteiger partial charge in [0.2, 0.25) is 0 Å². The molecule has 1 aromatic heterocycles. The van der Waals surface area contributed by atoms with Crippen molar-refractivity contribution in [3.8, 4) is 0 Å². The lowest BCUT2D eigenvalue weighted by atomic mass is 9.98. The highest BCUT2D eigenvalue weighted by Crippen LogP contribution is 2.28. The SMILES string of the molecule is CNC(c1cnc(C)s1)c1ccc(C)cc1C. The van der Waals surface area contributed by atoms with Crippen LogP contribution < -0.4 is 5.32 Å². The van der Waals surface area contributed by atoms with Gasteiger partial charge in [0.1, 0.15) is 0 Å². The number of nitrogens with one attached hydrogen (secondary N) is 1. The molecule has 0 fully saturated rings. The Morgan fingerprint density at radius 3 is 2.53 bits per heavy atom. The van der Waals surface area contributed by atoms with E-state index in [4.69, 9.17) is 0 Å². The molecule has 0 radical (unpaired) electrons. The second-order valence-electron chi connectivity index (χ2n) is 4.36. The van der Waals surface area contributed by atoms with Crippen molar-refractivity contribution in [2.45, 2.75) is 26.8 Å². The van der Waals surface area contributed by atoms with Crippen LogP contribution in [0.2, 0.25) is 0 Å². The van der Waals surface area contributed by atoms with Crippen LogP contribution in [0.3, 0.4) is 0 Å². The lowest BCUT2D eigenvalue weighted by Crippen LogP contribution is -2.17. The summed E-state index contributed by atoms with van der Waals surface area (Å²) in [5.41, 5.74) is 3.97. The monoisotopic (exact) mass is 246 g/mol. The number of rotatable bonds is 3. The molecule has 0 saturated heterocycles. The molecule has 2 rings (SSSR count). The number of hydrogen-bond acceptors (Lipinski definition) is 3. The third kappa shape index (κ3) is 2.56. The molecule has 0 aliphatic carbocycles. The van der Waals surface area contributed by atoms with Crippen molar-refractivity contribution in [2.75, 3.05) is 7.05 Å². The fourth-order valence-electron chi connectivity index (χ4n) is 2.11. The van der Waals surface area contributed by atoms with Gasteiger partial charge in [-0.2, -0.15) is 0 Å². The molecule has 0 aliphatic heterocycles. The van der Waals surface area contributed by atoms with Crippen molar-refractivity contribution in [3.05, 3.63) is 51.0 Å². The molecule has 3 heteroatoms. The van der Waals surface area contributed by atoms with Crippen molar-refractivity contribution in [2.24, 2.45) is 0 Å². The Bertz CT molecular complexity index is 517. The number of thiazole rings is 1. The summed E-state index contributed by atoms with van der Waals surface area (Å²) in [4.78, 5) is 5.61. The number of hydrogen-bond donors (Lipinski definition) is 1. The lowest BCUT2D eigenvalue weighted by Gasteiger charge is -2.17. The average Bonchev–Trinajstić information content (AvgIpc) is 2.69. The van der Waals surface area contributed by atoms with Gasteiger partial charge in [-0.3, -0.25) is 0 Å². The Kier molecular flexibility index (Phi) is 3.60. The summed E-state index contributed by atoms with van der Waals surface area (Å²) < 4.78 is 0. The summed E-state index contributed by atoms with van der Waals surface area (Å²) >= 11 is 1.75. The second-order valence-corrected chi connectivity index (χ2v) is 5.63. The third-order valence-electron chi connectivity index (χ3n) is 2.95. The standard InChI is InChI=1S/C14H18N2S/c1-9-5-6-12(10(2)7-9)14(15-4)13-8-16-11(3)17-13/h5-8,14-15H,1-4H3. The Hall–Kier alpha value is -1.19. The molecule has 2 nitrogen and oxygen atoms in total. The van der Waals surface area contributed by atoms with Gasteiger partial charge in [-0.25, -0.2) is 4.98 Å². The Morgan fingerprint density at radius 1 is 1.24 bits per heavy atom. The van der Waals surface area contributed by atoms with Crippen LogP contribution in [0, 0.1) is 20.8 Å². The van der Waals surface area contributed by atoms with Crippen LogP contribution in [-0.2, 0) is 0 Å². The number of aryl methyl sites for hydroxylation is 3. The third-order valence-corrected chi connectivity index (χ3v) is 3.93. The zero-order valence-corrected chi connectivity index (χ0v) is 11.6. The molecule has 2 aromatic rings. The van der Waals surface area contributed by atoms with Crippen molar-refractivity contribution in [1.29, 1.82) is 0 Å². The lowest BCUT2D eigenvalue weighted by molar-refractivity contribution is 0.697. The van der Waals surface area contributed by atoms with E-state index in [9.17, 15) is 0 Å². The first kappa shape index (κ1) is 12.3. The maximum atomic E-state index is 4.34. The zero-order chi connectivity index (χ0) is 12.4. The first-order valence-corrected chi connectivity index (χ1v) is 6.60. The van der Waals surface area contributed by atoms with Crippen molar-refractivity contribution in [1.82, 2.24) is 10.3 Å². The van der Waals surface area contributed by atoms with Gasteiger partial charge < -0.3 is 5.32 Å². The van der Waals surface area contributed by atoms with Crippen LogP contribution in [0.25, 0.3) is 0 Å². The quantitative estimate of drug-likeness (QED) is 0.898. The van der Waals surface area contributed by atoms with Gasteiger partial charge in [0.25, 0.3) is 0 Å². The first-order valence-electron chi connectivity index (χ1n) is 5.78.